The van der Waals surface area contributed by atoms with Gasteiger partial charge in [0.15, 0.2) is 11.0 Å². The minimum absolute atomic E-state index is 0.178. The normalized spacial score (nSPS) is 15.4. The number of benzene rings is 1. The molecule has 3 aromatic heterocycles. The van der Waals surface area contributed by atoms with Crippen molar-refractivity contribution < 1.29 is 9.21 Å². The average molecular weight is 495 g/mol. The van der Waals surface area contributed by atoms with Crippen molar-refractivity contribution in [2.24, 2.45) is 13.0 Å². The maximum atomic E-state index is 12.2. The Balaban J connectivity index is 1.37. The van der Waals surface area contributed by atoms with Gasteiger partial charge in [0.1, 0.15) is 5.58 Å². The molecule has 1 amide bonds. The van der Waals surface area contributed by atoms with E-state index in [1.807, 2.05) is 29.0 Å². The quantitative estimate of drug-likeness (QED) is 0.285. The number of fused-ring (bicyclic) bond motifs is 2. The first-order valence-corrected chi connectivity index (χ1v) is 13.2. The van der Waals surface area contributed by atoms with E-state index in [0.29, 0.717) is 17.0 Å². The van der Waals surface area contributed by atoms with Gasteiger partial charge in [-0.2, -0.15) is 0 Å². The van der Waals surface area contributed by atoms with Crippen LogP contribution in [0.25, 0.3) is 21.7 Å². The van der Waals surface area contributed by atoms with Gasteiger partial charge in [-0.05, 0) is 54.5 Å². The van der Waals surface area contributed by atoms with Crippen LogP contribution in [0.15, 0.2) is 44.7 Å². The van der Waals surface area contributed by atoms with Crippen LogP contribution in [0, 0.1) is 5.92 Å². The average Bonchev–Trinajstić information content (AvgIpc) is 3.38. The second-order valence-corrected chi connectivity index (χ2v) is 10.8. The van der Waals surface area contributed by atoms with Crippen molar-refractivity contribution in [3.8, 4) is 10.7 Å². The highest BCUT2D eigenvalue weighted by Crippen LogP contribution is 2.38. The van der Waals surface area contributed by atoms with Gasteiger partial charge < -0.3 is 14.3 Å². The van der Waals surface area contributed by atoms with Crippen molar-refractivity contribution in [1.82, 2.24) is 14.8 Å². The molecule has 3 heterocycles. The molecule has 176 valence electrons. The number of nitrogens with one attached hydrogen (secondary N) is 1. The highest BCUT2D eigenvalue weighted by atomic mass is 32.2. The molecule has 0 radical (unpaired) electrons. The summed E-state index contributed by atoms with van der Waals surface area (Å²) in [6.45, 7) is 3.72. The zero-order valence-electron chi connectivity index (χ0n) is 19.4. The Morgan fingerprint density at radius 3 is 2.94 bits per heavy atom. The molecule has 9 heteroatoms. The summed E-state index contributed by atoms with van der Waals surface area (Å²) in [7, 11) is 1.99. The largest absolute Gasteiger partial charge is 0.423 e. The van der Waals surface area contributed by atoms with Gasteiger partial charge >= 0.3 is 5.63 Å². The molecule has 1 atom stereocenters. The number of thioether (sulfide) groups is 1. The summed E-state index contributed by atoms with van der Waals surface area (Å²) < 4.78 is 7.40. The Bertz CT molecular complexity index is 1440. The number of aromatic nitrogens is 3. The molecule has 7 nitrogen and oxygen atoms in total. The fourth-order valence-corrected chi connectivity index (χ4v) is 6.62. The van der Waals surface area contributed by atoms with Crippen molar-refractivity contribution in [3.63, 3.8) is 0 Å². The number of amides is 1. The molecular weight excluding hydrogens is 468 g/mol. The lowest BCUT2D eigenvalue weighted by atomic mass is 9.87. The van der Waals surface area contributed by atoms with E-state index in [1.54, 1.807) is 12.1 Å². The smallest absolute Gasteiger partial charge is 0.336 e. The molecule has 5 rings (SSSR count). The summed E-state index contributed by atoms with van der Waals surface area (Å²) in [5, 5.41) is 13.3. The van der Waals surface area contributed by atoms with Crippen molar-refractivity contribution in [3.05, 3.63) is 56.8 Å². The number of rotatable bonds is 6. The monoisotopic (exact) mass is 494 g/mol. The third kappa shape index (κ3) is 4.54. The lowest BCUT2D eigenvalue weighted by Gasteiger charge is -2.19. The second kappa shape index (κ2) is 9.38. The maximum Gasteiger partial charge on any atom is 0.336 e. The van der Waals surface area contributed by atoms with Crippen molar-refractivity contribution in [2.75, 3.05) is 5.32 Å². The summed E-state index contributed by atoms with van der Waals surface area (Å²) >= 11 is 3.37. The molecule has 0 bridgehead atoms. The standard InChI is InChI=1S/C25H26N4O3S2/c1-4-15-5-8-21-16(9-15)10-22(34-21)24-27-28-25(29(24)3)33-13-17-11-23(31)32-20-12-18(26-14(2)30)6-7-19(17)20/h6-7,10-12,15H,4-5,8-9,13H2,1-3H3,(H,26,30)/t15-/m1/s1. The summed E-state index contributed by atoms with van der Waals surface area (Å²) in [6.07, 6.45) is 4.82. The Morgan fingerprint density at radius 2 is 2.15 bits per heavy atom. The Labute approximate surface area is 205 Å². The van der Waals surface area contributed by atoms with Crippen LogP contribution in [0.1, 0.15) is 42.7 Å². The van der Waals surface area contributed by atoms with E-state index >= 15 is 0 Å². The first-order chi connectivity index (χ1) is 16.4. The molecule has 0 aliphatic heterocycles. The molecule has 1 aliphatic carbocycles. The summed E-state index contributed by atoms with van der Waals surface area (Å²) in [6, 6.07) is 9.15. The number of hydrogen-bond acceptors (Lipinski definition) is 7. The predicted octanol–water partition coefficient (Wildman–Crippen LogP) is 5.42. The Kier molecular flexibility index (Phi) is 6.31. The van der Waals surface area contributed by atoms with Crippen LogP contribution in [0.2, 0.25) is 0 Å². The lowest BCUT2D eigenvalue weighted by molar-refractivity contribution is -0.114. The highest BCUT2D eigenvalue weighted by molar-refractivity contribution is 7.98. The number of hydrogen-bond donors (Lipinski definition) is 1. The first kappa shape index (κ1) is 22.9. The number of carbonyl (C=O) groups excluding carboxylic acids is 1. The van der Waals surface area contributed by atoms with Crippen LogP contribution in [0.5, 0.6) is 0 Å². The van der Waals surface area contributed by atoms with Gasteiger partial charge in [0.25, 0.3) is 0 Å². The lowest BCUT2D eigenvalue weighted by Crippen LogP contribution is -2.10. The van der Waals surface area contributed by atoms with Crippen LogP contribution in [0.4, 0.5) is 5.69 Å². The zero-order chi connectivity index (χ0) is 23.8. The summed E-state index contributed by atoms with van der Waals surface area (Å²) in [5.41, 5.74) is 2.94. The fraction of sp³-hybridized carbons (Fsp3) is 0.360. The molecule has 4 aromatic rings. The summed E-state index contributed by atoms with van der Waals surface area (Å²) in [4.78, 5) is 26.1. The molecule has 0 saturated heterocycles. The van der Waals surface area contributed by atoms with E-state index in [2.05, 4.69) is 28.5 Å². The van der Waals surface area contributed by atoms with Gasteiger partial charge in [-0.3, -0.25) is 4.79 Å². The molecule has 0 unspecified atom stereocenters. The van der Waals surface area contributed by atoms with Crippen molar-refractivity contribution >= 4 is 45.7 Å². The maximum absolute atomic E-state index is 12.2. The van der Waals surface area contributed by atoms with Gasteiger partial charge in [0.05, 0.1) is 4.88 Å². The molecule has 0 saturated carbocycles. The topological polar surface area (TPSA) is 90.0 Å². The molecule has 1 aliphatic rings. The van der Waals surface area contributed by atoms with Crippen LogP contribution < -0.4 is 10.9 Å². The van der Waals surface area contributed by atoms with Crippen molar-refractivity contribution in [1.29, 1.82) is 0 Å². The van der Waals surface area contributed by atoms with E-state index in [1.165, 1.54) is 52.9 Å². The van der Waals surface area contributed by atoms with Crippen LogP contribution in [0.3, 0.4) is 0 Å². The van der Waals surface area contributed by atoms with Gasteiger partial charge in [-0.15, -0.1) is 21.5 Å². The van der Waals surface area contributed by atoms with Gasteiger partial charge in [0.2, 0.25) is 5.91 Å². The van der Waals surface area contributed by atoms with E-state index in [0.717, 1.165) is 40.7 Å². The molecular formula is C25H26N4O3S2. The Morgan fingerprint density at radius 1 is 1.29 bits per heavy atom. The third-order valence-corrected chi connectivity index (χ3v) is 8.63. The minimum Gasteiger partial charge on any atom is -0.423 e. The molecule has 0 spiro atoms. The molecule has 34 heavy (non-hydrogen) atoms. The molecule has 0 fully saturated rings. The van der Waals surface area contributed by atoms with Crippen LogP contribution in [-0.4, -0.2) is 20.7 Å². The molecule has 1 aromatic carbocycles. The van der Waals surface area contributed by atoms with Gasteiger partial charge in [-0.1, -0.05) is 25.1 Å². The summed E-state index contributed by atoms with van der Waals surface area (Å²) in [5.74, 6) is 2.04. The predicted molar refractivity (Wildman–Crippen MR) is 136 cm³/mol. The van der Waals surface area contributed by atoms with Gasteiger partial charge in [-0.25, -0.2) is 4.79 Å². The van der Waals surface area contributed by atoms with Crippen LogP contribution >= 0.6 is 23.1 Å². The first-order valence-electron chi connectivity index (χ1n) is 11.4. The van der Waals surface area contributed by atoms with E-state index in [-0.39, 0.29) is 5.91 Å². The number of anilines is 1. The SMILES string of the molecule is CC[C@@H]1CCc2sc(-c3nnc(SCc4cc(=O)oc5cc(NC(C)=O)ccc45)n3C)cc2C1. The number of aryl methyl sites for hydroxylation is 1. The van der Waals surface area contributed by atoms with Gasteiger partial charge in [0, 0.05) is 47.8 Å². The van der Waals surface area contributed by atoms with E-state index in [9.17, 15) is 9.59 Å². The molecule has 1 N–H and O–H groups in total. The number of carbonyl (C=O) groups is 1. The number of thiophene rings is 1. The van der Waals surface area contributed by atoms with Crippen LogP contribution in [-0.2, 0) is 30.4 Å². The van der Waals surface area contributed by atoms with E-state index in [4.69, 9.17) is 4.42 Å². The minimum atomic E-state index is -0.420. The van der Waals surface area contributed by atoms with E-state index < -0.39 is 5.63 Å². The number of nitrogens with zero attached hydrogens (tertiary/aromatic N) is 3. The Hall–Kier alpha value is -2.91. The second-order valence-electron chi connectivity index (χ2n) is 8.71. The zero-order valence-corrected chi connectivity index (χ0v) is 21.0. The third-order valence-electron chi connectivity index (χ3n) is 6.32. The van der Waals surface area contributed by atoms with Crippen molar-refractivity contribution in [2.45, 2.75) is 50.4 Å². The highest BCUT2D eigenvalue weighted by Gasteiger charge is 2.22. The fourth-order valence-electron chi connectivity index (χ4n) is 4.49.